The molecule has 1 aliphatic heterocycles. The molecule has 0 saturated carbocycles. The molecule has 2 N–H and O–H groups in total. The van der Waals surface area contributed by atoms with E-state index >= 15 is 0 Å². The first-order chi connectivity index (χ1) is 12.1. The number of amidine groups is 1. The van der Waals surface area contributed by atoms with Gasteiger partial charge in [0, 0.05) is 13.3 Å². The summed E-state index contributed by atoms with van der Waals surface area (Å²) in [6.45, 7) is 6.46. The monoisotopic (exact) mass is 352 g/mol. The average Bonchev–Trinajstić information content (AvgIpc) is 2.97. The molecule has 0 aromatic carbocycles. The fraction of sp³-hybridized carbons (Fsp3) is 0.955. The van der Waals surface area contributed by atoms with Crippen molar-refractivity contribution in [1.82, 2.24) is 0 Å². The molecule has 0 aromatic rings. The number of aliphatic imine (C=N–C) groups is 1. The fourth-order valence-corrected chi connectivity index (χ4v) is 3.93. The van der Waals surface area contributed by atoms with Crippen LogP contribution in [0.4, 0.5) is 0 Å². The van der Waals surface area contributed by atoms with Gasteiger partial charge in [0.05, 0.1) is 13.6 Å². The zero-order chi connectivity index (χ0) is 18.4. The van der Waals surface area contributed by atoms with Crippen LogP contribution in [0, 0.1) is 0 Å². The number of likely N-dealkylation sites (N-methyl/N-ethyl adjacent to an activating group) is 1. The van der Waals surface area contributed by atoms with E-state index in [0.717, 1.165) is 24.0 Å². The van der Waals surface area contributed by atoms with Crippen molar-refractivity contribution < 1.29 is 4.48 Å². The molecule has 2 atom stereocenters. The van der Waals surface area contributed by atoms with Crippen molar-refractivity contribution in [2.24, 2.45) is 10.7 Å². The van der Waals surface area contributed by atoms with E-state index in [1.54, 1.807) is 0 Å². The zero-order valence-electron chi connectivity index (χ0n) is 17.6. The predicted octanol–water partition coefficient (Wildman–Crippen LogP) is 6.02. The number of unbranched alkanes of at least 4 members (excludes halogenated alkanes) is 13. The Morgan fingerprint density at radius 2 is 1.28 bits per heavy atom. The lowest BCUT2D eigenvalue weighted by molar-refractivity contribution is -0.840. The van der Waals surface area contributed by atoms with Gasteiger partial charge in [0.1, 0.15) is 12.7 Å². The summed E-state index contributed by atoms with van der Waals surface area (Å²) in [6, 6.07) is 0. The highest BCUT2D eigenvalue weighted by Crippen LogP contribution is 2.20. The van der Waals surface area contributed by atoms with Crippen molar-refractivity contribution in [3.05, 3.63) is 0 Å². The third kappa shape index (κ3) is 9.19. The van der Waals surface area contributed by atoms with Crippen LogP contribution in [0.15, 0.2) is 4.99 Å². The molecule has 0 saturated heterocycles. The topological polar surface area (TPSA) is 38.4 Å². The fourth-order valence-electron chi connectivity index (χ4n) is 3.93. The van der Waals surface area contributed by atoms with Gasteiger partial charge in [-0.3, -0.25) is 10.2 Å². The lowest BCUT2D eigenvalue weighted by atomic mass is 10.0. The number of rotatable bonds is 16. The maximum atomic E-state index is 6.16. The Bertz CT molecular complexity index is 351. The third-order valence-electron chi connectivity index (χ3n) is 6.10. The molecular formula is C22H46N3+. The minimum atomic E-state index is 0.174. The van der Waals surface area contributed by atoms with Crippen LogP contribution in [0.25, 0.3) is 0 Å². The Hall–Kier alpha value is -0.410. The van der Waals surface area contributed by atoms with E-state index in [0.29, 0.717) is 0 Å². The standard InChI is InChI=1S/C22H46N3/c1-4-5-6-7-8-9-10-11-12-13-14-15-16-17-18-22-24-19-20-25(22,3)21(2)23/h21H,4-20,23H2,1-3H3/q+1. The summed E-state index contributed by atoms with van der Waals surface area (Å²) in [5, 5.41) is 0. The highest BCUT2D eigenvalue weighted by Gasteiger charge is 2.36. The predicted molar refractivity (Wildman–Crippen MR) is 112 cm³/mol. The molecule has 1 aliphatic rings. The van der Waals surface area contributed by atoms with Crippen molar-refractivity contribution in [3.63, 3.8) is 0 Å². The molecule has 148 valence electrons. The van der Waals surface area contributed by atoms with Crippen LogP contribution in [0.5, 0.6) is 0 Å². The molecular weight excluding hydrogens is 306 g/mol. The Labute approximate surface area is 158 Å². The van der Waals surface area contributed by atoms with Crippen molar-refractivity contribution in [3.8, 4) is 0 Å². The molecule has 0 spiro atoms. The number of hydrogen-bond donors (Lipinski definition) is 1. The van der Waals surface area contributed by atoms with E-state index in [2.05, 4.69) is 20.9 Å². The zero-order valence-corrected chi connectivity index (χ0v) is 17.6. The average molecular weight is 353 g/mol. The second-order valence-corrected chi connectivity index (χ2v) is 8.38. The van der Waals surface area contributed by atoms with E-state index in [1.165, 1.54) is 95.7 Å². The molecule has 3 heteroatoms. The van der Waals surface area contributed by atoms with Gasteiger partial charge in [-0.25, -0.2) is 4.99 Å². The van der Waals surface area contributed by atoms with Gasteiger partial charge in [0.15, 0.2) is 5.84 Å². The lowest BCUT2D eigenvalue weighted by Gasteiger charge is -2.33. The van der Waals surface area contributed by atoms with Gasteiger partial charge in [0.25, 0.3) is 0 Å². The molecule has 0 amide bonds. The molecule has 0 fully saturated rings. The van der Waals surface area contributed by atoms with Crippen LogP contribution < -0.4 is 5.73 Å². The Morgan fingerprint density at radius 1 is 0.840 bits per heavy atom. The van der Waals surface area contributed by atoms with Crippen LogP contribution >= 0.6 is 0 Å². The summed E-state index contributed by atoms with van der Waals surface area (Å²) in [7, 11) is 2.25. The van der Waals surface area contributed by atoms with E-state index in [9.17, 15) is 0 Å². The van der Waals surface area contributed by atoms with Gasteiger partial charge in [-0.1, -0.05) is 90.4 Å². The SMILES string of the molecule is CCCCCCCCCCCCCCCCC1=NCC[N+]1(C)C(C)N. The summed E-state index contributed by atoms with van der Waals surface area (Å²) in [5.74, 6) is 1.34. The van der Waals surface area contributed by atoms with Crippen LogP contribution in [0.3, 0.4) is 0 Å². The summed E-state index contributed by atoms with van der Waals surface area (Å²) in [6.07, 6.45) is 21.2. The molecule has 3 nitrogen and oxygen atoms in total. The first-order valence-electron chi connectivity index (χ1n) is 11.3. The smallest absolute Gasteiger partial charge is 0.199 e. The second kappa shape index (κ2) is 13.7. The van der Waals surface area contributed by atoms with Crippen molar-refractivity contribution in [1.29, 1.82) is 0 Å². The van der Waals surface area contributed by atoms with Crippen LogP contribution in [0.1, 0.15) is 110 Å². The second-order valence-electron chi connectivity index (χ2n) is 8.38. The Balaban J connectivity index is 1.87. The first-order valence-corrected chi connectivity index (χ1v) is 11.3. The highest BCUT2D eigenvalue weighted by atomic mass is 15.5. The van der Waals surface area contributed by atoms with E-state index in [-0.39, 0.29) is 6.17 Å². The summed E-state index contributed by atoms with van der Waals surface area (Å²) < 4.78 is 0.873. The van der Waals surface area contributed by atoms with Crippen LogP contribution in [-0.4, -0.2) is 36.6 Å². The maximum absolute atomic E-state index is 6.16. The summed E-state index contributed by atoms with van der Waals surface area (Å²) >= 11 is 0. The number of hydrogen-bond acceptors (Lipinski definition) is 2. The van der Waals surface area contributed by atoms with Crippen molar-refractivity contribution >= 4 is 5.84 Å². The minimum Gasteiger partial charge on any atom is -0.281 e. The van der Waals surface area contributed by atoms with Gasteiger partial charge >= 0.3 is 0 Å². The molecule has 0 bridgehead atoms. The normalized spacial score (nSPS) is 21.5. The largest absolute Gasteiger partial charge is 0.281 e. The van der Waals surface area contributed by atoms with Gasteiger partial charge < -0.3 is 0 Å². The van der Waals surface area contributed by atoms with E-state index in [1.807, 2.05) is 0 Å². The molecule has 1 heterocycles. The van der Waals surface area contributed by atoms with Gasteiger partial charge in [-0.05, 0) is 6.42 Å². The van der Waals surface area contributed by atoms with Gasteiger partial charge in [-0.2, -0.15) is 0 Å². The summed E-state index contributed by atoms with van der Waals surface area (Å²) in [4.78, 5) is 4.72. The molecule has 0 aromatic heterocycles. The van der Waals surface area contributed by atoms with Crippen LogP contribution in [0.2, 0.25) is 0 Å². The van der Waals surface area contributed by atoms with Crippen molar-refractivity contribution in [2.75, 3.05) is 20.1 Å². The molecule has 0 aliphatic carbocycles. The lowest BCUT2D eigenvalue weighted by Crippen LogP contribution is -2.57. The Morgan fingerprint density at radius 3 is 1.72 bits per heavy atom. The molecule has 2 unspecified atom stereocenters. The minimum absolute atomic E-state index is 0.174. The third-order valence-corrected chi connectivity index (χ3v) is 6.10. The number of nitrogens with zero attached hydrogens (tertiary/aromatic N) is 2. The van der Waals surface area contributed by atoms with Crippen LogP contribution in [-0.2, 0) is 0 Å². The molecule has 25 heavy (non-hydrogen) atoms. The van der Waals surface area contributed by atoms with E-state index < -0.39 is 0 Å². The first kappa shape index (κ1) is 22.6. The van der Waals surface area contributed by atoms with Gasteiger partial charge in [-0.15, -0.1) is 0 Å². The Kier molecular flexibility index (Phi) is 12.4. The number of nitrogens with two attached hydrogens (primary N) is 1. The maximum Gasteiger partial charge on any atom is 0.199 e. The van der Waals surface area contributed by atoms with Crippen molar-refractivity contribution in [2.45, 2.75) is 116 Å². The van der Waals surface area contributed by atoms with E-state index in [4.69, 9.17) is 10.7 Å². The number of quaternary nitrogens is 1. The summed E-state index contributed by atoms with van der Waals surface area (Å²) in [5.41, 5.74) is 6.16. The quantitative estimate of drug-likeness (QED) is 0.268. The molecule has 0 radical (unpaired) electrons. The highest BCUT2D eigenvalue weighted by molar-refractivity contribution is 5.76. The van der Waals surface area contributed by atoms with Gasteiger partial charge in [0.2, 0.25) is 0 Å². The molecule has 1 rings (SSSR count).